The van der Waals surface area contributed by atoms with Crippen LogP contribution in [0.5, 0.6) is 0 Å². The first kappa shape index (κ1) is 15.9. The second-order valence-corrected chi connectivity index (χ2v) is 5.09. The summed E-state index contributed by atoms with van der Waals surface area (Å²) >= 11 is 10.7. The molecular weight excluding hydrogens is 324 g/mol. The molecule has 0 atom stereocenters. The first-order chi connectivity index (χ1) is 10.5. The van der Waals surface area contributed by atoms with E-state index in [0.717, 1.165) is 0 Å². The van der Waals surface area contributed by atoms with Crippen LogP contribution in [-0.2, 0) is 0 Å². The van der Waals surface area contributed by atoms with Gasteiger partial charge in [0, 0.05) is 21.8 Å². The van der Waals surface area contributed by atoms with Gasteiger partial charge in [0.2, 0.25) is 0 Å². The van der Waals surface area contributed by atoms with E-state index < -0.39 is 11.9 Å². The SMILES string of the molecule is O=C(NC(=S)Nc1ccccc1C(=O)[O-])c1ccc(Cl)cc1. The number of carbonyl (C=O) groups excluding carboxylic acids is 2. The molecule has 0 aliphatic rings. The molecule has 1 amide bonds. The number of halogens is 1. The lowest BCUT2D eigenvalue weighted by molar-refractivity contribution is -0.254. The number of para-hydroxylation sites is 1. The molecule has 0 aliphatic carbocycles. The summed E-state index contributed by atoms with van der Waals surface area (Å²) in [7, 11) is 0. The van der Waals surface area contributed by atoms with Crippen molar-refractivity contribution >= 4 is 46.5 Å². The molecule has 0 aromatic heterocycles. The molecule has 2 rings (SSSR count). The number of thiocarbonyl (C=S) groups is 1. The zero-order valence-electron chi connectivity index (χ0n) is 11.1. The minimum absolute atomic E-state index is 0.0198. The molecule has 0 saturated heterocycles. The fourth-order valence-corrected chi connectivity index (χ4v) is 2.03. The minimum atomic E-state index is -1.34. The zero-order chi connectivity index (χ0) is 16.1. The van der Waals surface area contributed by atoms with Crippen LogP contribution in [0.25, 0.3) is 0 Å². The number of carboxylic acids is 1. The van der Waals surface area contributed by atoms with Gasteiger partial charge in [-0.1, -0.05) is 29.8 Å². The maximum Gasteiger partial charge on any atom is 0.257 e. The maximum absolute atomic E-state index is 12.0. The highest BCUT2D eigenvalue weighted by molar-refractivity contribution is 7.80. The number of aromatic carboxylic acids is 1. The van der Waals surface area contributed by atoms with Gasteiger partial charge in [-0.25, -0.2) is 0 Å². The Morgan fingerprint density at radius 1 is 1.05 bits per heavy atom. The second kappa shape index (κ2) is 7.02. The summed E-state index contributed by atoms with van der Waals surface area (Å²) in [6.07, 6.45) is 0. The third-order valence-corrected chi connectivity index (χ3v) is 3.18. The van der Waals surface area contributed by atoms with Crippen molar-refractivity contribution in [2.75, 3.05) is 5.32 Å². The Bertz CT molecular complexity index is 732. The van der Waals surface area contributed by atoms with E-state index in [0.29, 0.717) is 10.6 Å². The summed E-state index contributed by atoms with van der Waals surface area (Å²) in [4.78, 5) is 22.9. The monoisotopic (exact) mass is 333 g/mol. The van der Waals surface area contributed by atoms with Crippen LogP contribution in [-0.4, -0.2) is 17.0 Å². The predicted molar refractivity (Wildman–Crippen MR) is 85.9 cm³/mol. The third kappa shape index (κ3) is 4.03. The summed E-state index contributed by atoms with van der Waals surface area (Å²) < 4.78 is 0. The largest absolute Gasteiger partial charge is 0.545 e. The Kier molecular flexibility index (Phi) is 5.08. The molecule has 0 spiro atoms. The molecular formula is C15H10ClN2O3S-. The van der Waals surface area contributed by atoms with Crippen molar-refractivity contribution in [3.8, 4) is 0 Å². The second-order valence-electron chi connectivity index (χ2n) is 4.25. The number of rotatable bonds is 3. The maximum atomic E-state index is 12.0. The van der Waals surface area contributed by atoms with Gasteiger partial charge in [0.05, 0.1) is 5.97 Å². The van der Waals surface area contributed by atoms with E-state index in [2.05, 4.69) is 10.6 Å². The van der Waals surface area contributed by atoms with Gasteiger partial charge in [0.15, 0.2) is 5.11 Å². The first-order valence-corrected chi connectivity index (χ1v) is 6.94. The predicted octanol–water partition coefficient (Wildman–Crippen LogP) is 1.83. The normalized spacial score (nSPS) is 9.86. The molecule has 2 aromatic rings. The number of benzene rings is 2. The van der Waals surface area contributed by atoms with Gasteiger partial charge < -0.3 is 15.2 Å². The number of amides is 1. The standard InChI is InChI=1S/C15H11ClN2O3S/c16-10-7-5-9(6-8-10)13(19)18-15(22)17-12-4-2-1-3-11(12)14(20)21/h1-8H,(H,20,21)(H2,17,18,19,22)/p-1. The molecule has 0 heterocycles. The van der Waals surface area contributed by atoms with Crippen LogP contribution < -0.4 is 15.7 Å². The fourth-order valence-electron chi connectivity index (χ4n) is 1.70. The van der Waals surface area contributed by atoms with Crippen LogP contribution in [0.15, 0.2) is 48.5 Å². The van der Waals surface area contributed by atoms with Crippen molar-refractivity contribution in [3.05, 3.63) is 64.7 Å². The molecule has 2 N–H and O–H groups in total. The molecule has 0 fully saturated rings. The Labute approximate surface area is 136 Å². The summed E-state index contributed by atoms with van der Waals surface area (Å²) in [5, 5.41) is 16.6. The lowest BCUT2D eigenvalue weighted by Gasteiger charge is -2.13. The quantitative estimate of drug-likeness (QED) is 0.838. The highest BCUT2D eigenvalue weighted by Crippen LogP contribution is 2.14. The first-order valence-electron chi connectivity index (χ1n) is 6.15. The van der Waals surface area contributed by atoms with Gasteiger partial charge in [0.25, 0.3) is 5.91 Å². The molecule has 7 heteroatoms. The lowest BCUT2D eigenvalue weighted by atomic mass is 10.2. The number of anilines is 1. The van der Waals surface area contributed by atoms with Gasteiger partial charge >= 0.3 is 0 Å². The Morgan fingerprint density at radius 2 is 1.68 bits per heavy atom. The molecule has 22 heavy (non-hydrogen) atoms. The lowest BCUT2D eigenvalue weighted by Crippen LogP contribution is -2.35. The van der Waals surface area contributed by atoms with Crippen molar-refractivity contribution in [2.45, 2.75) is 0 Å². The summed E-state index contributed by atoms with van der Waals surface area (Å²) in [5.41, 5.74) is 0.566. The van der Waals surface area contributed by atoms with E-state index in [1.54, 1.807) is 36.4 Å². The van der Waals surface area contributed by atoms with Crippen molar-refractivity contribution in [1.29, 1.82) is 0 Å². The van der Waals surface area contributed by atoms with Gasteiger partial charge in [-0.3, -0.25) is 10.1 Å². The molecule has 0 aliphatic heterocycles. The summed E-state index contributed by atoms with van der Waals surface area (Å²) in [6.45, 7) is 0. The Balaban J connectivity index is 2.06. The van der Waals surface area contributed by atoms with E-state index in [9.17, 15) is 14.7 Å². The topological polar surface area (TPSA) is 81.3 Å². The highest BCUT2D eigenvalue weighted by Gasteiger charge is 2.09. The van der Waals surface area contributed by atoms with Crippen LogP contribution in [0.4, 0.5) is 5.69 Å². The van der Waals surface area contributed by atoms with E-state index in [1.165, 1.54) is 12.1 Å². The van der Waals surface area contributed by atoms with Crippen LogP contribution in [0.3, 0.4) is 0 Å². The summed E-state index contributed by atoms with van der Waals surface area (Å²) in [5.74, 6) is -1.77. The number of nitrogens with one attached hydrogen (secondary N) is 2. The number of carboxylic acid groups (broad SMARTS) is 1. The average Bonchev–Trinajstić information content (AvgIpc) is 2.48. The van der Waals surface area contributed by atoms with Gasteiger partial charge in [0.1, 0.15) is 0 Å². The highest BCUT2D eigenvalue weighted by atomic mass is 35.5. The smallest absolute Gasteiger partial charge is 0.257 e. The van der Waals surface area contributed by atoms with Crippen molar-refractivity contribution in [2.24, 2.45) is 0 Å². The van der Waals surface area contributed by atoms with Gasteiger partial charge in [-0.15, -0.1) is 0 Å². The summed E-state index contributed by atoms with van der Waals surface area (Å²) in [6, 6.07) is 12.4. The average molecular weight is 334 g/mol. The van der Waals surface area contributed by atoms with Crippen molar-refractivity contribution < 1.29 is 14.7 Å². The molecule has 0 saturated carbocycles. The molecule has 5 nitrogen and oxygen atoms in total. The third-order valence-electron chi connectivity index (χ3n) is 2.73. The zero-order valence-corrected chi connectivity index (χ0v) is 12.7. The van der Waals surface area contributed by atoms with Gasteiger partial charge in [-0.2, -0.15) is 0 Å². The van der Waals surface area contributed by atoms with Crippen molar-refractivity contribution in [3.63, 3.8) is 0 Å². The van der Waals surface area contributed by atoms with E-state index in [-0.39, 0.29) is 16.4 Å². The van der Waals surface area contributed by atoms with Gasteiger partial charge in [-0.05, 0) is 42.5 Å². The minimum Gasteiger partial charge on any atom is -0.545 e. The molecule has 0 unspecified atom stereocenters. The molecule has 0 bridgehead atoms. The molecule has 112 valence electrons. The number of hydrogen-bond acceptors (Lipinski definition) is 4. The van der Waals surface area contributed by atoms with Crippen LogP contribution in [0, 0.1) is 0 Å². The Morgan fingerprint density at radius 3 is 2.32 bits per heavy atom. The van der Waals surface area contributed by atoms with Crippen LogP contribution in [0.2, 0.25) is 5.02 Å². The van der Waals surface area contributed by atoms with Crippen LogP contribution >= 0.6 is 23.8 Å². The number of hydrogen-bond donors (Lipinski definition) is 2. The fraction of sp³-hybridized carbons (Fsp3) is 0. The Hall–Kier alpha value is -2.44. The molecule has 2 aromatic carbocycles. The number of carbonyl (C=O) groups is 2. The van der Waals surface area contributed by atoms with E-state index in [1.807, 2.05) is 0 Å². The van der Waals surface area contributed by atoms with E-state index in [4.69, 9.17) is 23.8 Å². The molecule has 0 radical (unpaired) electrons. The van der Waals surface area contributed by atoms with Crippen LogP contribution in [0.1, 0.15) is 20.7 Å². The van der Waals surface area contributed by atoms with E-state index >= 15 is 0 Å². The van der Waals surface area contributed by atoms with Crippen molar-refractivity contribution in [1.82, 2.24) is 5.32 Å².